The van der Waals surface area contributed by atoms with Crippen LogP contribution in [0.25, 0.3) is 16.6 Å². The molecule has 224 valence electrons. The highest BCUT2D eigenvalue weighted by Gasteiger charge is 2.13. The Hall–Kier alpha value is -4.62. The molecule has 1 aliphatic rings. The van der Waals surface area contributed by atoms with Crippen LogP contribution in [0.5, 0.6) is 0 Å². The van der Waals surface area contributed by atoms with Gasteiger partial charge in [0.2, 0.25) is 5.91 Å². The summed E-state index contributed by atoms with van der Waals surface area (Å²) in [6.45, 7) is 8.61. The normalized spacial score (nSPS) is 13.9. The fourth-order valence-electron chi connectivity index (χ4n) is 5.84. The van der Waals surface area contributed by atoms with E-state index >= 15 is 0 Å². The van der Waals surface area contributed by atoms with Crippen molar-refractivity contribution in [3.63, 3.8) is 0 Å². The lowest BCUT2D eigenvalue weighted by Gasteiger charge is -2.15. The van der Waals surface area contributed by atoms with Crippen LogP contribution in [0.2, 0.25) is 0 Å². The van der Waals surface area contributed by atoms with Crippen LogP contribution in [0.3, 0.4) is 0 Å². The Balaban J connectivity index is 1.04. The van der Waals surface area contributed by atoms with Gasteiger partial charge in [0.15, 0.2) is 0 Å². The number of hydrogen-bond acceptors (Lipinski definition) is 5. The number of carbonyl (C=O) groups is 1. The van der Waals surface area contributed by atoms with E-state index in [0.717, 1.165) is 65.6 Å². The summed E-state index contributed by atoms with van der Waals surface area (Å²) < 4.78 is 2.20. The first-order valence-corrected chi connectivity index (χ1v) is 15.6. The maximum Gasteiger partial charge on any atom is 0.220 e. The van der Waals surface area contributed by atoms with Gasteiger partial charge in [-0.3, -0.25) is 19.7 Å². The van der Waals surface area contributed by atoms with Gasteiger partial charge in [0.1, 0.15) is 11.3 Å². The van der Waals surface area contributed by atoms with Crippen molar-refractivity contribution in [1.29, 1.82) is 0 Å². The first kappa shape index (κ1) is 29.5. The predicted octanol–water partition coefficient (Wildman–Crippen LogP) is 6.27. The Morgan fingerprint density at radius 2 is 1.68 bits per heavy atom. The number of imidazole rings is 1. The van der Waals surface area contributed by atoms with Gasteiger partial charge in [-0.2, -0.15) is 0 Å². The van der Waals surface area contributed by atoms with Gasteiger partial charge < -0.3 is 9.88 Å². The topological polar surface area (TPSA) is 75.9 Å². The maximum atomic E-state index is 12.8. The van der Waals surface area contributed by atoms with Gasteiger partial charge in [-0.1, -0.05) is 66.2 Å². The van der Waals surface area contributed by atoms with E-state index in [1.165, 1.54) is 29.5 Å². The zero-order chi connectivity index (χ0) is 30.3. The minimum atomic E-state index is 0.0266. The fraction of sp³-hybridized carbons (Fsp3) is 0.297. The molecule has 0 atom stereocenters. The minimum absolute atomic E-state index is 0.0266. The summed E-state index contributed by atoms with van der Waals surface area (Å²) in [5, 5.41) is 3.08. The molecule has 7 nitrogen and oxygen atoms in total. The highest BCUT2D eigenvalue weighted by molar-refractivity contribution is 5.78. The van der Waals surface area contributed by atoms with Crippen molar-refractivity contribution >= 4 is 22.5 Å². The van der Waals surface area contributed by atoms with Crippen LogP contribution >= 0.6 is 0 Å². The van der Waals surface area contributed by atoms with E-state index in [4.69, 9.17) is 4.98 Å². The third-order valence-corrected chi connectivity index (χ3v) is 8.40. The van der Waals surface area contributed by atoms with Gasteiger partial charge in [-0.05, 0) is 81.1 Å². The standard InChI is InChI=1S/C37H40N6O/c1-27-8-14-31(15-9-27)33(19-23-42-21-3-4-22-42)34-7-5-6-32(41-34)16-17-37(44)39-24-29-10-12-30(13-11-29)26-43-28(2)40-35-25-38-20-18-36(35)43/h5-15,18-20,25H,3-4,16-17,21-24,26H2,1-2H3,(H,39,44)/b33-19+. The predicted molar refractivity (Wildman–Crippen MR) is 176 cm³/mol. The van der Waals surface area contributed by atoms with Crippen LogP contribution in [-0.4, -0.2) is 50.0 Å². The summed E-state index contributed by atoms with van der Waals surface area (Å²) >= 11 is 0. The Labute approximate surface area is 259 Å². The molecule has 0 saturated carbocycles. The number of pyridine rings is 2. The van der Waals surface area contributed by atoms with Crippen molar-refractivity contribution in [1.82, 2.24) is 29.7 Å². The van der Waals surface area contributed by atoms with Crippen LogP contribution in [0.1, 0.15) is 58.7 Å². The molecule has 1 saturated heterocycles. The second-order valence-corrected chi connectivity index (χ2v) is 11.7. The number of hydrogen-bond donors (Lipinski definition) is 1. The molecule has 0 spiro atoms. The third-order valence-electron chi connectivity index (χ3n) is 8.40. The lowest BCUT2D eigenvalue weighted by molar-refractivity contribution is -0.121. The minimum Gasteiger partial charge on any atom is -0.352 e. The number of aryl methyl sites for hydroxylation is 3. The van der Waals surface area contributed by atoms with Crippen LogP contribution in [0.15, 0.2) is 91.3 Å². The first-order valence-electron chi connectivity index (χ1n) is 15.6. The molecule has 1 N–H and O–H groups in total. The number of fused-ring (bicyclic) bond motifs is 1. The summed E-state index contributed by atoms with van der Waals surface area (Å²) in [7, 11) is 0. The van der Waals surface area contributed by atoms with E-state index < -0.39 is 0 Å². The van der Waals surface area contributed by atoms with Crippen molar-refractivity contribution < 1.29 is 4.79 Å². The fourth-order valence-corrected chi connectivity index (χ4v) is 5.84. The zero-order valence-corrected chi connectivity index (χ0v) is 25.7. The number of aromatic nitrogens is 4. The number of likely N-dealkylation sites (tertiary alicyclic amines) is 1. The highest BCUT2D eigenvalue weighted by Crippen LogP contribution is 2.24. The molecule has 1 fully saturated rings. The summed E-state index contributed by atoms with van der Waals surface area (Å²) in [6, 6.07) is 25.2. The molecule has 3 aromatic heterocycles. The summed E-state index contributed by atoms with van der Waals surface area (Å²) in [5.41, 5.74) is 9.71. The third kappa shape index (κ3) is 7.29. The Morgan fingerprint density at radius 3 is 2.48 bits per heavy atom. The van der Waals surface area contributed by atoms with E-state index in [1.54, 1.807) is 12.4 Å². The average molecular weight is 585 g/mol. The lowest BCUT2D eigenvalue weighted by Crippen LogP contribution is -2.23. The molecule has 6 rings (SSSR count). The van der Waals surface area contributed by atoms with E-state index in [9.17, 15) is 4.79 Å². The van der Waals surface area contributed by atoms with E-state index in [0.29, 0.717) is 19.4 Å². The molecule has 1 aliphatic heterocycles. The van der Waals surface area contributed by atoms with Gasteiger partial charge in [0, 0.05) is 43.5 Å². The van der Waals surface area contributed by atoms with Gasteiger partial charge in [-0.15, -0.1) is 0 Å². The van der Waals surface area contributed by atoms with E-state index in [-0.39, 0.29) is 5.91 Å². The van der Waals surface area contributed by atoms with Gasteiger partial charge in [0.05, 0.1) is 17.4 Å². The second kappa shape index (κ2) is 13.8. The smallest absolute Gasteiger partial charge is 0.220 e. The van der Waals surface area contributed by atoms with Crippen LogP contribution in [0, 0.1) is 13.8 Å². The van der Waals surface area contributed by atoms with Crippen molar-refractivity contribution in [2.45, 2.75) is 52.6 Å². The van der Waals surface area contributed by atoms with Crippen molar-refractivity contribution in [2.75, 3.05) is 19.6 Å². The van der Waals surface area contributed by atoms with Crippen LogP contribution < -0.4 is 5.32 Å². The Bertz CT molecular complexity index is 1750. The number of rotatable bonds is 11. The number of carbonyl (C=O) groups excluding carboxylic acids is 1. The average Bonchev–Trinajstić information content (AvgIpc) is 3.68. The number of amides is 1. The van der Waals surface area contributed by atoms with Gasteiger partial charge in [0.25, 0.3) is 0 Å². The number of nitrogens with one attached hydrogen (secondary N) is 1. The molecule has 0 bridgehead atoms. The summed E-state index contributed by atoms with van der Waals surface area (Å²) in [5.74, 6) is 0.993. The van der Waals surface area contributed by atoms with Crippen LogP contribution in [-0.2, 0) is 24.3 Å². The van der Waals surface area contributed by atoms with E-state index in [1.807, 2.05) is 19.1 Å². The SMILES string of the molecule is Cc1ccc(/C(=C\CN2CCCC2)c2cccc(CCC(=O)NCc3ccc(Cn4c(C)nc5cnccc54)cc3)n2)cc1. The molecule has 4 heterocycles. The molecule has 1 amide bonds. The largest absolute Gasteiger partial charge is 0.352 e. The molecule has 7 heteroatoms. The second-order valence-electron chi connectivity index (χ2n) is 11.7. The lowest BCUT2D eigenvalue weighted by atomic mass is 10.00. The summed E-state index contributed by atoms with van der Waals surface area (Å²) in [6.07, 6.45) is 9.46. The van der Waals surface area contributed by atoms with Crippen molar-refractivity contribution in [3.8, 4) is 0 Å². The number of benzene rings is 2. The van der Waals surface area contributed by atoms with Gasteiger partial charge >= 0.3 is 0 Å². The Kier molecular flexibility index (Phi) is 9.22. The molecule has 0 aliphatic carbocycles. The molecule has 2 aromatic carbocycles. The van der Waals surface area contributed by atoms with E-state index in [2.05, 4.69) is 98.4 Å². The quantitative estimate of drug-likeness (QED) is 0.198. The molecule has 0 radical (unpaired) electrons. The highest BCUT2D eigenvalue weighted by atomic mass is 16.1. The molecule has 5 aromatic rings. The summed E-state index contributed by atoms with van der Waals surface area (Å²) in [4.78, 5) is 29.1. The van der Waals surface area contributed by atoms with Gasteiger partial charge in [-0.25, -0.2) is 4.98 Å². The molecule has 0 unspecified atom stereocenters. The van der Waals surface area contributed by atoms with Crippen LogP contribution in [0.4, 0.5) is 0 Å². The number of nitrogens with zero attached hydrogens (tertiary/aromatic N) is 5. The molecular formula is C37H40N6O. The van der Waals surface area contributed by atoms with Crippen molar-refractivity contribution in [3.05, 3.63) is 131 Å². The Morgan fingerprint density at radius 1 is 0.909 bits per heavy atom. The first-order chi connectivity index (χ1) is 21.5. The van der Waals surface area contributed by atoms with Crippen molar-refractivity contribution in [2.24, 2.45) is 0 Å². The zero-order valence-electron chi connectivity index (χ0n) is 25.7. The monoisotopic (exact) mass is 584 g/mol. The molecule has 44 heavy (non-hydrogen) atoms. The maximum absolute atomic E-state index is 12.8. The molecular weight excluding hydrogens is 544 g/mol.